The topological polar surface area (TPSA) is 54.7 Å². The lowest BCUT2D eigenvalue weighted by molar-refractivity contribution is 0.0342. The second-order valence-corrected chi connectivity index (χ2v) is 6.28. The molecule has 2 aromatic rings. The number of amides is 1. The van der Waals surface area contributed by atoms with E-state index < -0.39 is 0 Å². The van der Waals surface area contributed by atoms with Crippen LogP contribution in [0.2, 0.25) is 0 Å². The molecule has 0 aliphatic carbocycles. The van der Waals surface area contributed by atoms with E-state index in [1.54, 1.807) is 12.1 Å². The predicted molar refractivity (Wildman–Crippen MR) is 90.1 cm³/mol. The molecule has 0 radical (unpaired) electrons. The summed E-state index contributed by atoms with van der Waals surface area (Å²) in [6.07, 6.45) is 0. The number of halogens is 1. The third kappa shape index (κ3) is 4.67. The summed E-state index contributed by atoms with van der Waals surface area (Å²) in [5.74, 6) is 0.0932. The van der Waals surface area contributed by atoms with Crippen LogP contribution in [0.1, 0.15) is 21.7 Å². The first-order valence-electron chi connectivity index (χ1n) is 7.62. The second-order valence-electron chi connectivity index (χ2n) is 5.49. The van der Waals surface area contributed by atoms with Gasteiger partial charge in [-0.25, -0.2) is 0 Å². The van der Waals surface area contributed by atoms with Gasteiger partial charge in [-0.05, 0) is 39.2 Å². The molecule has 0 bridgehead atoms. The molecule has 5 nitrogen and oxygen atoms in total. The molecular formula is C17H19BrN2O3. The maximum absolute atomic E-state index is 12.0. The molecule has 1 saturated heterocycles. The van der Waals surface area contributed by atoms with Crippen LogP contribution in [-0.2, 0) is 17.8 Å². The minimum atomic E-state index is -0.214. The highest BCUT2D eigenvalue weighted by molar-refractivity contribution is 9.10. The fourth-order valence-corrected chi connectivity index (χ4v) is 2.87. The number of rotatable bonds is 5. The molecule has 1 N–H and O–H groups in total. The van der Waals surface area contributed by atoms with Crippen LogP contribution in [0.4, 0.5) is 0 Å². The van der Waals surface area contributed by atoms with Gasteiger partial charge in [-0.1, -0.05) is 24.3 Å². The van der Waals surface area contributed by atoms with Crippen molar-refractivity contribution in [1.29, 1.82) is 0 Å². The number of carbonyl (C=O) groups excluding carboxylic acids is 1. The van der Waals surface area contributed by atoms with Crippen molar-refractivity contribution in [2.75, 3.05) is 26.3 Å². The number of nitrogens with zero attached hydrogens (tertiary/aromatic N) is 1. The van der Waals surface area contributed by atoms with E-state index in [4.69, 9.17) is 9.15 Å². The van der Waals surface area contributed by atoms with Crippen LogP contribution < -0.4 is 5.32 Å². The Hall–Kier alpha value is -1.63. The van der Waals surface area contributed by atoms with Crippen LogP contribution in [0, 0.1) is 0 Å². The van der Waals surface area contributed by atoms with Crippen molar-refractivity contribution < 1.29 is 13.9 Å². The summed E-state index contributed by atoms with van der Waals surface area (Å²) in [5, 5.41) is 2.87. The van der Waals surface area contributed by atoms with E-state index in [1.807, 2.05) is 12.1 Å². The average molecular weight is 379 g/mol. The zero-order chi connectivity index (χ0) is 16.1. The third-order valence-corrected chi connectivity index (χ3v) is 4.18. The summed E-state index contributed by atoms with van der Waals surface area (Å²) < 4.78 is 11.2. The van der Waals surface area contributed by atoms with Gasteiger partial charge >= 0.3 is 0 Å². The zero-order valence-electron chi connectivity index (χ0n) is 12.8. The number of hydrogen-bond acceptors (Lipinski definition) is 4. The van der Waals surface area contributed by atoms with Gasteiger partial charge in [0.2, 0.25) is 0 Å². The second kappa shape index (κ2) is 7.77. The number of furan rings is 1. The Balaban J connectivity index is 1.55. The molecule has 1 fully saturated rings. The molecule has 23 heavy (non-hydrogen) atoms. The standard InChI is InChI=1S/C17H19BrN2O3/c18-16-5-4-15(23-16)17(21)19-11-13-2-1-3-14(10-13)12-20-6-8-22-9-7-20/h1-5,10H,6-9,11-12H2,(H,19,21). The Bertz CT molecular complexity index is 665. The van der Waals surface area contributed by atoms with E-state index >= 15 is 0 Å². The van der Waals surface area contributed by atoms with Gasteiger partial charge < -0.3 is 14.5 Å². The minimum absolute atomic E-state index is 0.214. The third-order valence-electron chi connectivity index (χ3n) is 3.75. The lowest BCUT2D eigenvalue weighted by atomic mass is 10.1. The molecule has 3 rings (SSSR count). The van der Waals surface area contributed by atoms with E-state index in [9.17, 15) is 4.79 Å². The van der Waals surface area contributed by atoms with Crippen molar-refractivity contribution in [3.8, 4) is 0 Å². The highest BCUT2D eigenvalue weighted by Gasteiger charge is 2.12. The Morgan fingerprint density at radius 2 is 1.96 bits per heavy atom. The fraction of sp³-hybridized carbons (Fsp3) is 0.353. The molecule has 1 aromatic carbocycles. The van der Waals surface area contributed by atoms with Crippen LogP contribution in [0.15, 0.2) is 45.5 Å². The molecule has 0 saturated carbocycles. The Morgan fingerprint density at radius 3 is 2.70 bits per heavy atom. The number of ether oxygens (including phenoxy) is 1. The fourth-order valence-electron chi connectivity index (χ4n) is 2.56. The van der Waals surface area contributed by atoms with Gasteiger partial charge in [0.15, 0.2) is 10.4 Å². The summed E-state index contributed by atoms with van der Waals surface area (Å²) in [6, 6.07) is 11.6. The smallest absolute Gasteiger partial charge is 0.287 e. The summed E-state index contributed by atoms with van der Waals surface area (Å²) in [5.41, 5.74) is 2.33. The summed E-state index contributed by atoms with van der Waals surface area (Å²) in [6.45, 7) is 4.93. The Morgan fingerprint density at radius 1 is 1.17 bits per heavy atom. The Kier molecular flexibility index (Phi) is 5.48. The number of nitrogens with one attached hydrogen (secondary N) is 1. The maximum Gasteiger partial charge on any atom is 0.287 e. The van der Waals surface area contributed by atoms with Crippen molar-refractivity contribution in [1.82, 2.24) is 10.2 Å². The van der Waals surface area contributed by atoms with Gasteiger partial charge in [0.1, 0.15) is 0 Å². The summed E-state index contributed by atoms with van der Waals surface area (Å²) >= 11 is 3.19. The predicted octanol–water partition coefficient (Wildman–Crippen LogP) is 2.80. The first kappa shape index (κ1) is 16.2. The van der Waals surface area contributed by atoms with Crippen molar-refractivity contribution in [2.45, 2.75) is 13.1 Å². The molecule has 1 aromatic heterocycles. The van der Waals surface area contributed by atoms with Gasteiger partial charge in [-0.2, -0.15) is 0 Å². The van der Waals surface area contributed by atoms with E-state index in [2.05, 4.69) is 38.3 Å². The average Bonchev–Trinajstić information content (AvgIpc) is 3.01. The molecule has 1 amide bonds. The molecule has 0 spiro atoms. The highest BCUT2D eigenvalue weighted by Crippen LogP contribution is 2.14. The molecule has 0 atom stereocenters. The molecule has 1 aliphatic rings. The van der Waals surface area contributed by atoms with Crippen LogP contribution in [0.3, 0.4) is 0 Å². The molecule has 122 valence electrons. The quantitative estimate of drug-likeness (QED) is 0.868. The van der Waals surface area contributed by atoms with E-state index in [-0.39, 0.29) is 5.91 Å². The number of carbonyl (C=O) groups is 1. The molecule has 1 aliphatic heterocycles. The van der Waals surface area contributed by atoms with Crippen molar-refractivity contribution >= 4 is 21.8 Å². The zero-order valence-corrected chi connectivity index (χ0v) is 14.3. The molecular weight excluding hydrogens is 360 g/mol. The summed E-state index contributed by atoms with van der Waals surface area (Å²) in [7, 11) is 0. The van der Waals surface area contributed by atoms with Gasteiger partial charge in [-0.3, -0.25) is 9.69 Å². The number of benzene rings is 1. The van der Waals surface area contributed by atoms with Gasteiger partial charge in [-0.15, -0.1) is 0 Å². The normalized spacial score (nSPS) is 15.5. The van der Waals surface area contributed by atoms with Gasteiger partial charge in [0, 0.05) is 26.2 Å². The first-order chi connectivity index (χ1) is 11.2. The van der Waals surface area contributed by atoms with Gasteiger partial charge in [0.05, 0.1) is 13.2 Å². The summed E-state index contributed by atoms with van der Waals surface area (Å²) in [4.78, 5) is 14.4. The van der Waals surface area contributed by atoms with Crippen molar-refractivity contribution in [3.63, 3.8) is 0 Å². The minimum Gasteiger partial charge on any atom is -0.444 e. The first-order valence-corrected chi connectivity index (χ1v) is 8.41. The van der Waals surface area contributed by atoms with Crippen LogP contribution in [0.5, 0.6) is 0 Å². The molecule has 2 heterocycles. The van der Waals surface area contributed by atoms with Crippen molar-refractivity contribution in [2.24, 2.45) is 0 Å². The van der Waals surface area contributed by atoms with Crippen LogP contribution >= 0.6 is 15.9 Å². The van der Waals surface area contributed by atoms with Crippen molar-refractivity contribution in [3.05, 3.63) is 58.0 Å². The molecule has 6 heteroatoms. The Labute approximate surface area is 143 Å². The van der Waals surface area contributed by atoms with E-state index in [1.165, 1.54) is 5.56 Å². The number of morpholine rings is 1. The highest BCUT2D eigenvalue weighted by atomic mass is 79.9. The van der Waals surface area contributed by atoms with E-state index in [0.29, 0.717) is 17.0 Å². The number of hydrogen-bond donors (Lipinski definition) is 1. The molecule has 0 unspecified atom stereocenters. The SMILES string of the molecule is O=C(NCc1cccc(CN2CCOCC2)c1)c1ccc(Br)o1. The maximum atomic E-state index is 12.0. The van der Waals surface area contributed by atoms with Gasteiger partial charge in [0.25, 0.3) is 5.91 Å². The van der Waals surface area contributed by atoms with Crippen LogP contribution in [0.25, 0.3) is 0 Å². The van der Waals surface area contributed by atoms with E-state index in [0.717, 1.165) is 38.4 Å². The monoisotopic (exact) mass is 378 g/mol. The van der Waals surface area contributed by atoms with Crippen LogP contribution in [-0.4, -0.2) is 37.1 Å². The lowest BCUT2D eigenvalue weighted by Gasteiger charge is -2.26. The lowest BCUT2D eigenvalue weighted by Crippen LogP contribution is -2.35. The largest absolute Gasteiger partial charge is 0.444 e.